The van der Waals surface area contributed by atoms with E-state index in [2.05, 4.69) is 5.32 Å². The molecular weight excluding hydrogens is 352 g/mol. The molecule has 0 radical (unpaired) electrons. The van der Waals surface area contributed by atoms with Crippen LogP contribution >= 0.6 is 0 Å². The van der Waals surface area contributed by atoms with Gasteiger partial charge in [0.1, 0.15) is 18.0 Å². The Bertz CT molecular complexity index is 787. The van der Waals surface area contributed by atoms with Crippen molar-refractivity contribution in [1.82, 2.24) is 10.2 Å². The van der Waals surface area contributed by atoms with E-state index in [1.54, 1.807) is 6.07 Å². The van der Waals surface area contributed by atoms with Crippen LogP contribution in [-0.2, 0) is 4.79 Å². The number of likely N-dealkylation sites (tertiary alicyclic amines) is 1. The number of hydrogen-bond donors (Lipinski definition) is 1. The van der Waals surface area contributed by atoms with Crippen LogP contribution in [0, 0.1) is 28.5 Å². The maximum atomic E-state index is 13.7. The molecule has 0 aliphatic carbocycles. The number of nitrogens with zero attached hydrogens (tertiary/aromatic N) is 4. The largest absolute Gasteiger partial charge is 0.367 e. The van der Waals surface area contributed by atoms with Gasteiger partial charge in [0.15, 0.2) is 0 Å². The highest BCUT2D eigenvalue weighted by Gasteiger charge is 2.35. The van der Waals surface area contributed by atoms with Gasteiger partial charge in [0.25, 0.3) is 0 Å². The van der Waals surface area contributed by atoms with E-state index in [1.165, 1.54) is 17.0 Å². The van der Waals surface area contributed by atoms with Crippen LogP contribution in [0.25, 0.3) is 0 Å². The fourth-order valence-electron chi connectivity index (χ4n) is 3.82. The Kier molecular flexibility index (Phi) is 5.88. The number of carbonyl (C=O) groups excluding carboxylic acids is 1. The van der Waals surface area contributed by atoms with Crippen molar-refractivity contribution >= 4 is 11.6 Å². The average Bonchev–Trinajstić information content (AvgIpc) is 3.27. The minimum absolute atomic E-state index is 0.0296. The summed E-state index contributed by atoms with van der Waals surface area (Å²) in [6.07, 6.45) is 0.743. The molecule has 1 unspecified atom stereocenters. The molecule has 2 saturated heterocycles. The van der Waals surface area contributed by atoms with Gasteiger partial charge in [-0.15, -0.1) is 0 Å². The molecule has 8 heteroatoms. The smallest absolute Gasteiger partial charge is 0.237 e. The highest BCUT2D eigenvalue weighted by Crippen LogP contribution is 2.27. The van der Waals surface area contributed by atoms with Crippen molar-refractivity contribution in [2.45, 2.75) is 37.5 Å². The zero-order valence-electron chi connectivity index (χ0n) is 14.9. The van der Waals surface area contributed by atoms with E-state index >= 15 is 0 Å². The SMILES string of the molecule is N#Cc1cc(F)cc(N2CCCC2CNCC(=O)N2C[C@@H](F)C[C@H]2C#N)c1. The van der Waals surface area contributed by atoms with E-state index in [0.717, 1.165) is 19.4 Å². The third-order valence-corrected chi connectivity index (χ3v) is 5.10. The number of carbonyl (C=O) groups is 1. The molecule has 142 valence electrons. The molecule has 0 aromatic heterocycles. The molecule has 0 spiro atoms. The second kappa shape index (κ2) is 8.32. The molecule has 0 saturated carbocycles. The maximum Gasteiger partial charge on any atom is 0.237 e. The molecular formula is C19H21F2N5O. The Morgan fingerprint density at radius 1 is 1.33 bits per heavy atom. The van der Waals surface area contributed by atoms with Crippen LogP contribution in [0.15, 0.2) is 18.2 Å². The lowest BCUT2D eigenvalue weighted by atomic mass is 10.1. The first-order chi connectivity index (χ1) is 13.0. The predicted octanol–water partition coefficient (Wildman–Crippen LogP) is 1.72. The molecule has 6 nitrogen and oxygen atoms in total. The minimum Gasteiger partial charge on any atom is -0.367 e. The third-order valence-electron chi connectivity index (χ3n) is 5.10. The van der Waals surface area contributed by atoms with Crippen LogP contribution < -0.4 is 10.2 Å². The van der Waals surface area contributed by atoms with Gasteiger partial charge >= 0.3 is 0 Å². The topological polar surface area (TPSA) is 83.2 Å². The Morgan fingerprint density at radius 3 is 2.89 bits per heavy atom. The Balaban J connectivity index is 1.56. The number of rotatable bonds is 5. The highest BCUT2D eigenvalue weighted by molar-refractivity contribution is 5.79. The van der Waals surface area contributed by atoms with Crippen LogP contribution in [0.2, 0.25) is 0 Å². The van der Waals surface area contributed by atoms with Gasteiger partial charge in [-0.25, -0.2) is 8.78 Å². The molecule has 2 aliphatic rings. The predicted molar refractivity (Wildman–Crippen MR) is 95.0 cm³/mol. The van der Waals surface area contributed by atoms with Crippen LogP contribution in [-0.4, -0.2) is 55.2 Å². The molecule has 0 bridgehead atoms. The van der Waals surface area contributed by atoms with Gasteiger partial charge in [0, 0.05) is 31.2 Å². The Morgan fingerprint density at radius 2 is 2.15 bits per heavy atom. The molecule has 2 aliphatic heterocycles. The van der Waals surface area contributed by atoms with Gasteiger partial charge in [-0.2, -0.15) is 10.5 Å². The van der Waals surface area contributed by atoms with Gasteiger partial charge in [-0.3, -0.25) is 4.79 Å². The molecule has 1 amide bonds. The first-order valence-corrected chi connectivity index (χ1v) is 9.03. The van der Waals surface area contributed by atoms with Crippen molar-refractivity contribution in [2.75, 3.05) is 31.1 Å². The minimum atomic E-state index is -1.15. The monoisotopic (exact) mass is 373 g/mol. The average molecular weight is 373 g/mol. The zero-order valence-corrected chi connectivity index (χ0v) is 14.9. The number of alkyl halides is 1. The lowest BCUT2D eigenvalue weighted by Crippen LogP contribution is -2.44. The van der Waals surface area contributed by atoms with Gasteiger partial charge < -0.3 is 15.1 Å². The lowest BCUT2D eigenvalue weighted by Gasteiger charge is -2.28. The van der Waals surface area contributed by atoms with Crippen LogP contribution in [0.5, 0.6) is 0 Å². The summed E-state index contributed by atoms with van der Waals surface area (Å²) < 4.78 is 27.2. The fraction of sp³-hybridized carbons (Fsp3) is 0.526. The fourth-order valence-corrected chi connectivity index (χ4v) is 3.82. The summed E-state index contributed by atoms with van der Waals surface area (Å²) in [5.41, 5.74) is 0.933. The quantitative estimate of drug-likeness (QED) is 0.850. The third kappa shape index (κ3) is 4.35. The normalized spacial score (nSPS) is 24.7. The summed E-state index contributed by atoms with van der Waals surface area (Å²) in [7, 11) is 0. The van der Waals surface area contributed by atoms with Crippen molar-refractivity contribution in [3.8, 4) is 12.1 Å². The summed E-state index contributed by atoms with van der Waals surface area (Å²) in [6, 6.07) is 7.57. The van der Waals surface area contributed by atoms with Crippen molar-refractivity contribution in [1.29, 1.82) is 10.5 Å². The van der Waals surface area contributed by atoms with Gasteiger partial charge in [-0.05, 0) is 31.0 Å². The first-order valence-electron chi connectivity index (χ1n) is 9.03. The second-order valence-corrected chi connectivity index (χ2v) is 6.95. The van der Waals surface area contributed by atoms with Crippen molar-refractivity contribution in [3.63, 3.8) is 0 Å². The zero-order chi connectivity index (χ0) is 19.4. The van der Waals surface area contributed by atoms with E-state index in [9.17, 15) is 13.6 Å². The summed E-state index contributed by atoms with van der Waals surface area (Å²) in [6.45, 7) is 1.26. The van der Waals surface area contributed by atoms with Crippen molar-refractivity contribution < 1.29 is 13.6 Å². The number of amides is 1. The number of halogens is 2. The van der Waals surface area contributed by atoms with E-state index in [4.69, 9.17) is 10.5 Å². The number of nitriles is 2. The number of nitrogens with one attached hydrogen (secondary N) is 1. The summed E-state index contributed by atoms with van der Waals surface area (Å²) in [5.74, 6) is -0.737. The Labute approximate surface area is 157 Å². The molecule has 1 aromatic rings. The van der Waals surface area contributed by atoms with E-state index in [0.29, 0.717) is 12.2 Å². The molecule has 1 N–H and O–H groups in total. The van der Waals surface area contributed by atoms with Gasteiger partial charge in [0.05, 0.1) is 30.8 Å². The van der Waals surface area contributed by atoms with E-state index in [1.807, 2.05) is 17.0 Å². The number of hydrogen-bond acceptors (Lipinski definition) is 5. The molecule has 2 fully saturated rings. The molecule has 3 rings (SSSR count). The standard InChI is InChI=1S/C19H21F2N5O/c20-14-4-13(8-22)5-17(6-14)25-3-1-2-16(25)10-24-11-19(27)26-12-15(21)7-18(26)9-23/h4-6,15-16,18,24H,1-3,7,10-12H2/t15-,16?,18-/m0/s1. The lowest BCUT2D eigenvalue weighted by molar-refractivity contribution is -0.130. The van der Waals surface area contributed by atoms with Crippen LogP contribution in [0.1, 0.15) is 24.8 Å². The Hall–Kier alpha value is -2.71. The van der Waals surface area contributed by atoms with Crippen molar-refractivity contribution in [2.24, 2.45) is 0 Å². The number of anilines is 1. The molecule has 27 heavy (non-hydrogen) atoms. The summed E-state index contributed by atoms with van der Waals surface area (Å²) >= 11 is 0. The summed E-state index contributed by atoms with van der Waals surface area (Å²) in [4.78, 5) is 15.6. The first kappa shape index (κ1) is 19.1. The number of benzene rings is 1. The molecule has 3 atom stereocenters. The van der Waals surface area contributed by atoms with Gasteiger partial charge in [0.2, 0.25) is 5.91 Å². The van der Waals surface area contributed by atoms with Crippen molar-refractivity contribution in [3.05, 3.63) is 29.6 Å². The van der Waals surface area contributed by atoms with E-state index in [-0.39, 0.29) is 37.0 Å². The highest BCUT2D eigenvalue weighted by atomic mass is 19.1. The maximum absolute atomic E-state index is 13.7. The van der Waals surface area contributed by atoms with Crippen LogP contribution in [0.4, 0.5) is 14.5 Å². The second-order valence-electron chi connectivity index (χ2n) is 6.95. The molecule has 1 aromatic carbocycles. The van der Waals surface area contributed by atoms with E-state index < -0.39 is 18.0 Å². The molecule has 2 heterocycles. The van der Waals surface area contributed by atoms with Gasteiger partial charge in [-0.1, -0.05) is 0 Å². The van der Waals surface area contributed by atoms with Crippen LogP contribution in [0.3, 0.4) is 0 Å². The summed E-state index contributed by atoms with van der Waals surface area (Å²) in [5, 5.41) is 21.1.